The summed E-state index contributed by atoms with van der Waals surface area (Å²) in [6.45, 7) is 0. The number of thiophene rings is 1. The predicted octanol–water partition coefficient (Wildman–Crippen LogP) is 2.58. The lowest BCUT2D eigenvalue weighted by molar-refractivity contribution is 0.103. The number of amides is 1. The Morgan fingerprint density at radius 1 is 1.26 bits per heavy atom. The van der Waals surface area contributed by atoms with Gasteiger partial charge in [-0.05, 0) is 23.6 Å². The Bertz CT molecular complexity index is 676. The molecule has 19 heavy (non-hydrogen) atoms. The normalized spacial score (nSPS) is 10.3. The van der Waals surface area contributed by atoms with Crippen LogP contribution in [0.25, 0.3) is 5.82 Å². The van der Waals surface area contributed by atoms with Crippen LogP contribution in [0.15, 0.2) is 54.3 Å². The van der Waals surface area contributed by atoms with E-state index >= 15 is 0 Å². The summed E-state index contributed by atoms with van der Waals surface area (Å²) in [5.41, 5.74) is 0.643. The van der Waals surface area contributed by atoms with Crippen molar-refractivity contribution in [3.63, 3.8) is 0 Å². The van der Waals surface area contributed by atoms with E-state index in [1.807, 2.05) is 29.6 Å². The van der Waals surface area contributed by atoms with Gasteiger partial charge in [-0.15, -0.1) is 11.3 Å². The standard InChI is InChI=1S/C13H10N4OS/c18-13(11-4-3-7-19-11)16-10-8-15-17(9-10)12-5-1-2-6-14-12/h1-9H,(H,16,18). The van der Waals surface area contributed by atoms with Gasteiger partial charge in [0, 0.05) is 6.20 Å². The van der Waals surface area contributed by atoms with Gasteiger partial charge in [0.15, 0.2) is 5.82 Å². The second-order valence-electron chi connectivity index (χ2n) is 3.79. The van der Waals surface area contributed by atoms with Crippen LogP contribution in [0.5, 0.6) is 0 Å². The number of hydrogen-bond donors (Lipinski definition) is 1. The molecule has 0 fully saturated rings. The zero-order valence-corrected chi connectivity index (χ0v) is 10.7. The molecule has 0 aliphatic heterocycles. The Morgan fingerprint density at radius 3 is 2.95 bits per heavy atom. The van der Waals surface area contributed by atoms with Gasteiger partial charge >= 0.3 is 0 Å². The maximum Gasteiger partial charge on any atom is 0.265 e. The lowest BCUT2D eigenvalue weighted by Crippen LogP contribution is -2.09. The summed E-state index contributed by atoms with van der Waals surface area (Å²) in [5, 5.41) is 8.83. The average molecular weight is 270 g/mol. The number of carbonyl (C=O) groups is 1. The van der Waals surface area contributed by atoms with E-state index in [9.17, 15) is 4.79 Å². The van der Waals surface area contributed by atoms with Gasteiger partial charge in [-0.25, -0.2) is 9.67 Å². The van der Waals surface area contributed by atoms with Gasteiger partial charge in [-0.3, -0.25) is 4.79 Å². The molecular weight excluding hydrogens is 260 g/mol. The molecule has 3 rings (SSSR count). The first-order chi connectivity index (χ1) is 9.33. The molecule has 0 aliphatic rings. The third kappa shape index (κ3) is 2.53. The van der Waals surface area contributed by atoms with Crippen LogP contribution in [-0.2, 0) is 0 Å². The van der Waals surface area contributed by atoms with Crippen molar-refractivity contribution in [3.8, 4) is 5.82 Å². The summed E-state index contributed by atoms with van der Waals surface area (Å²) < 4.78 is 1.62. The molecule has 0 aliphatic carbocycles. The first kappa shape index (κ1) is 11.6. The monoisotopic (exact) mass is 270 g/mol. The van der Waals surface area contributed by atoms with Crippen molar-refractivity contribution >= 4 is 22.9 Å². The lowest BCUT2D eigenvalue weighted by Gasteiger charge is -1.99. The van der Waals surface area contributed by atoms with Crippen molar-refractivity contribution in [2.75, 3.05) is 5.32 Å². The largest absolute Gasteiger partial charge is 0.319 e. The third-order valence-corrected chi connectivity index (χ3v) is 3.34. The molecule has 94 valence electrons. The van der Waals surface area contributed by atoms with Crippen LogP contribution in [0.2, 0.25) is 0 Å². The highest BCUT2D eigenvalue weighted by atomic mass is 32.1. The quantitative estimate of drug-likeness (QED) is 0.795. The van der Waals surface area contributed by atoms with Gasteiger partial charge in [-0.2, -0.15) is 5.10 Å². The summed E-state index contributed by atoms with van der Waals surface area (Å²) in [4.78, 5) is 16.7. The first-order valence-corrected chi connectivity index (χ1v) is 6.52. The van der Waals surface area contributed by atoms with Crippen LogP contribution in [-0.4, -0.2) is 20.7 Å². The molecule has 0 spiro atoms. The molecule has 3 aromatic heterocycles. The van der Waals surface area contributed by atoms with Crippen LogP contribution in [0, 0.1) is 0 Å². The molecule has 0 saturated heterocycles. The Labute approximate surface area is 113 Å². The van der Waals surface area contributed by atoms with E-state index in [2.05, 4.69) is 15.4 Å². The van der Waals surface area contributed by atoms with Crippen LogP contribution in [0.1, 0.15) is 9.67 Å². The number of anilines is 1. The molecule has 6 heteroatoms. The average Bonchev–Trinajstić information content (AvgIpc) is 3.11. The predicted molar refractivity (Wildman–Crippen MR) is 73.6 cm³/mol. The molecule has 0 radical (unpaired) electrons. The fourth-order valence-corrected chi connectivity index (χ4v) is 2.22. The molecule has 0 unspecified atom stereocenters. The molecule has 0 aromatic carbocycles. The second-order valence-corrected chi connectivity index (χ2v) is 4.74. The van der Waals surface area contributed by atoms with E-state index in [1.165, 1.54) is 11.3 Å². The van der Waals surface area contributed by atoms with E-state index in [1.54, 1.807) is 29.3 Å². The summed E-state index contributed by atoms with van der Waals surface area (Å²) >= 11 is 1.40. The molecule has 5 nitrogen and oxygen atoms in total. The SMILES string of the molecule is O=C(Nc1cnn(-c2ccccn2)c1)c1cccs1. The number of rotatable bonds is 3. The number of carbonyl (C=O) groups excluding carboxylic acids is 1. The number of nitrogens with zero attached hydrogens (tertiary/aromatic N) is 3. The zero-order chi connectivity index (χ0) is 13.1. The number of aromatic nitrogens is 3. The van der Waals surface area contributed by atoms with Crippen molar-refractivity contribution in [2.45, 2.75) is 0 Å². The van der Waals surface area contributed by atoms with Gasteiger partial charge in [0.25, 0.3) is 5.91 Å². The van der Waals surface area contributed by atoms with Crippen molar-refractivity contribution in [1.29, 1.82) is 0 Å². The van der Waals surface area contributed by atoms with Gasteiger partial charge < -0.3 is 5.32 Å². The van der Waals surface area contributed by atoms with E-state index in [0.717, 1.165) is 0 Å². The topological polar surface area (TPSA) is 59.8 Å². The Morgan fingerprint density at radius 2 is 2.21 bits per heavy atom. The van der Waals surface area contributed by atoms with E-state index in [4.69, 9.17) is 0 Å². The minimum Gasteiger partial charge on any atom is -0.319 e. The molecule has 3 aromatic rings. The molecule has 3 heterocycles. The van der Waals surface area contributed by atoms with Crippen molar-refractivity contribution in [3.05, 3.63) is 59.2 Å². The summed E-state index contributed by atoms with van der Waals surface area (Å²) in [7, 11) is 0. The fourth-order valence-electron chi connectivity index (χ4n) is 1.60. The highest BCUT2D eigenvalue weighted by Crippen LogP contribution is 2.13. The molecule has 0 atom stereocenters. The molecule has 1 amide bonds. The van der Waals surface area contributed by atoms with Gasteiger partial charge in [0.05, 0.1) is 23.0 Å². The van der Waals surface area contributed by atoms with Crippen LogP contribution in [0.3, 0.4) is 0 Å². The Balaban J connectivity index is 1.77. The number of nitrogens with one attached hydrogen (secondary N) is 1. The molecule has 0 bridgehead atoms. The number of hydrogen-bond acceptors (Lipinski definition) is 4. The fraction of sp³-hybridized carbons (Fsp3) is 0. The highest BCUT2D eigenvalue weighted by molar-refractivity contribution is 7.12. The van der Waals surface area contributed by atoms with E-state index in [0.29, 0.717) is 16.4 Å². The maximum absolute atomic E-state index is 11.9. The number of pyridine rings is 1. The molecule has 1 N–H and O–H groups in total. The highest BCUT2D eigenvalue weighted by Gasteiger charge is 2.08. The summed E-state index contributed by atoms with van der Waals surface area (Å²) in [6.07, 6.45) is 5.02. The van der Waals surface area contributed by atoms with Crippen LogP contribution in [0.4, 0.5) is 5.69 Å². The van der Waals surface area contributed by atoms with Crippen molar-refractivity contribution in [2.24, 2.45) is 0 Å². The van der Waals surface area contributed by atoms with Crippen molar-refractivity contribution < 1.29 is 4.79 Å². The van der Waals surface area contributed by atoms with Crippen LogP contribution >= 0.6 is 11.3 Å². The minimum absolute atomic E-state index is 0.129. The van der Waals surface area contributed by atoms with Crippen LogP contribution < -0.4 is 5.32 Å². The van der Waals surface area contributed by atoms with E-state index in [-0.39, 0.29) is 5.91 Å². The minimum atomic E-state index is -0.129. The molecule has 0 saturated carbocycles. The maximum atomic E-state index is 11.9. The summed E-state index contributed by atoms with van der Waals surface area (Å²) in [6, 6.07) is 9.19. The first-order valence-electron chi connectivity index (χ1n) is 5.64. The lowest BCUT2D eigenvalue weighted by atomic mass is 10.4. The van der Waals surface area contributed by atoms with Gasteiger partial charge in [0.1, 0.15) is 0 Å². The van der Waals surface area contributed by atoms with E-state index < -0.39 is 0 Å². The smallest absolute Gasteiger partial charge is 0.265 e. The third-order valence-electron chi connectivity index (χ3n) is 2.47. The van der Waals surface area contributed by atoms with Crippen molar-refractivity contribution in [1.82, 2.24) is 14.8 Å². The Hall–Kier alpha value is -2.47. The summed E-state index contributed by atoms with van der Waals surface area (Å²) in [5.74, 6) is 0.578. The molecular formula is C13H10N4OS. The van der Waals surface area contributed by atoms with Gasteiger partial charge in [-0.1, -0.05) is 12.1 Å². The van der Waals surface area contributed by atoms with Gasteiger partial charge in [0.2, 0.25) is 0 Å². The zero-order valence-electron chi connectivity index (χ0n) is 9.85. The second kappa shape index (κ2) is 5.03. The Kier molecular flexibility index (Phi) is 3.07.